The van der Waals surface area contributed by atoms with Crippen molar-refractivity contribution in [3.8, 4) is 0 Å². The lowest BCUT2D eigenvalue weighted by Gasteiger charge is -2.47. The summed E-state index contributed by atoms with van der Waals surface area (Å²) in [6.45, 7) is 6.87. The van der Waals surface area contributed by atoms with Gasteiger partial charge < -0.3 is 10.0 Å². The molecule has 0 amide bonds. The minimum atomic E-state index is 0.276. The number of fused-ring (bicyclic) bond motifs is 1. The molecule has 3 heterocycles. The van der Waals surface area contributed by atoms with Crippen molar-refractivity contribution >= 4 is 22.8 Å². The van der Waals surface area contributed by atoms with E-state index in [0.717, 1.165) is 43.6 Å². The fourth-order valence-corrected chi connectivity index (χ4v) is 4.99. The van der Waals surface area contributed by atoms with Gasteiger partial charge in [-0.2, -0.15) is 8.75 Å². The first-order chi connectivity index (χ1) is 12.7. The molecule has 0 bridgehead atoms. The van der Waals surface area contributed by atoms with E-state index in [0.29, 0.717) is 12.1 Å². The number of hydrogen-bond acceptors (Lipinski definition) is 7. The Labute approximate surface area is 159 Å². The molecule has 0 saturated carbocycles. The van der Waals surface area contributed by atoms with Gasteiger partial charge in [-0.1, -0.05) is 6.07 Å². The molecular weight excluding hydrogens is 346 g/mol. The van der Waals surface area contributed by atoms with E-state index in [1.807, 2.05) is 0 Å². The lowest BCUT2D eigenvalue weighted by molar-refractivity contribution is 0.00601. The molecule has 0 aliphatic carbocycles. The summed E-state index contributed by atoms with van der Waals surface area (Å²) in [6, 6.07) is 7.57. The van der Waals surface area contributed by atoms with Gasteiger partial charge >= 0.3 is 0 Å². The SMILES string of the molecule is CN1CCC(N2CCN(Cc3ccc4nsnc4c3)CC2CCO)CC1. The van der Waals surface area contributed by atoms with Crippen LogP contribution in [0.5, 0.6) is 0 Å². The average molecular weight is 376 g/mol. The first kappa shape index (κ1) is 18.3. The summed E-state index contributed by atoms with van der Waals surface area (Å²) in [5, 5.41) is 9.58. The number of nitrogens with zero attached hydrogens (tertiary/aromatic N) is 5. The molecule has 0 radical (unpaired) electrons. The zero-order valence-electron chi connectivity index (χ0n) is 15.5. The summed E-state index contributed by atoms with van der Waals surface area (Å²) in [6.07, 6.45) is 3.38. The highest BCUT2D eigenvalue weighted by atomic mass is 32.1. The Morgan fingerprint density at radius 3 is 2.73 bits per heavy atom. The Morgan fingerprint density at radius 1 is 1.12 bits per heavy atom. The first-order valence-electron chi connectivity index (χ1n) is 9.71. The molecular formula is C19H29N5OS. The van der Waals surface area contributed by atoms with E-state index in [1.54, 1.807) is 0 Å². The van der Waals surface area contributed by atoms with Crippen LogP contribution in [0.4, 0.5) is 0 Å². The fraction of sp³-hybridized carbons (Fsp3) is 0.684. The number of rotatable bonds is 5. The molecule has 1 aromatic heterocycles. The number of likely N-dealkylation sites (tertiary alicyclic amines) is 1. The second-order valence-corrected chi connectivity index (χ2v) is 8.29. The molecule has 1 N–H and O–H groups in total. The van der Waals surface area contributed by atoms with Gasteiger partial charge in [-0.25, -0.2) is 0 Å². The van der Waals surface area contributed by atoms with Gasteiger partial charge in [0.25, 0.3) is 0 Å². The predicted molar refractivity (Wildman–Crippen MR) is 105 cm³/mol. The summed E-state index contributed by atoms with van der Waals surface area (Å²) in [5.41, 5.74) is 3.30. The van der Waals surface area contributed by atoms with E-state index in [9.17, 15) is 5.11 Å². The van der Waals surface area contributed by atoms with Crippen molar-refractivity contribution in [2.24, 2.45) is 0 Å². The summed E-state index contributed by atoms with van der Waals surface area (Å²) >= 11 is 1.28. The molecule has 2 saturated heterocycles. The lowest BCUT2D eigenvalue weighted by atomic mass is 9.98. The van der Waals surface area contributed by atoms with E-state index >= 15 is 0 Å². The van der Waals surface area contributed by atoms with Crippen LogP contribution >= 0.6 is 11.7 Å². The standard InChI is InChI=1S/C19H29N5OS/c1-22-7-4-16(5-8-22)24-10-9-23(14-17(24)6-11-25)13-15-2-3-18-19(12-15)21-26-20-18/h2-3,12,16-17,25H,4-11,13-14H2,1H3. The molecule has 2 fully saturated rings. The third kappa shape index (κ3) is 4.07. The summed E-state index contributed by atoms with van der Waals surface area (Å²) < 4.78 is 8.65. The third-order valence-corrected chi connectivity index (χ3v) is 6.51. The van der Waals surface area contributed by atoms with Crippen molar-refractivity contribution in [1.82, 2.24) is 23.4 Å². The number of aliphatic hydroxyl groups excluding tert-OH is 1. The Hall–Kier alpha value is -1.12. The maximum Gasteiger partial charge on any atom is 0.105 e. The first-order valence-corrected chi connectivity index (χ1v) is 10.4. The summed E-state index contributed by atoms with van der Waals surface area (Å²) in [7, 11) is 2.22. The molecule has 2 aliphatic heterocycles. The number of aliphatic hydroxyl groups is 1. The van der Waals surface area contributed by atoms with E-state index < -0.39 is 0 Å². The molecule has 1 aromatic carbocycles. The minimum Gasteiger partial charge on any atom is -0.396 e. The Balaban J connectivity index is 1.40. The van der Waals surface area contributed by atoms with Crippen LogP contribution in [0.25, 0.3) is 11.0 Å². The smallest absolute Gasteiger partial charge is 0.105 e. The molecule has 1 atom stereocenters. The number of hydrogen-bond donors (Lipinski definition) is 1. The molecule has 4 rings (SSSR count). The minimum absolute atomic E-state index is 0.276. The van der Waals surface area contributed by atoms with Crippen molar-refractivity contribution < 1.29 is 5.11 Å². The van der Waals surface area contributed by atoms with E-state index in [4.69, 9.17) is 0 Å². The zero-order chi connectivity index (χ0) is 17.9. The number of aromatic nitrogens is 2. The second kappa shape index (κ2) is 8.27. The highest BCUT2D eigenvalue weighted by molar-refractivity contribution is 7.00. The normalized spacial score (nSPS) is 24.5. The lowest BCUT2D eigenvalue weighted by Crippen LogP contribution is -2.58. The number of benzene rings is 1. The van der Waals surface area contributed by atoms with E-state index in [-0.39, 0.29) is 6.61 Å². The van der Waals surface area contributed by atoms with E-state index in [1.165, 1.54) is 43.2 Å². The largest absolute Gasteiger partial charge is 0.396 e. The Kier molecular flexibility index (Phi) is 5.81. The quantitative estimate of drug-likeness (QED) is 0.858. The van der Waals surface area contributed by atoms with E-state index in [2.05, 4.69) is 48.7 Å². The highest BCUT2D eigenvalue weighted by Crippen LogP contribution is 2.24. The molecule has 2 aliphatic rings. The molecule has 26 heavy (non-hydrogen) atoms. The van der Waals surface area contributed by atoms with Crippen LogP contribution in [0.15, 0.2) is 18.2 Å². The average Bonchev–Trinajstić information content (AvgIpc) is 3.11. The van der Waals surface area contributed by atoms with Gasteiger partial charge in [0, 0.05) is 44.9 Å². The van der Waals surface area contributed by atoms with Crippen LogP contribution in [-0.2, 0) is 6.54 Å². The molecule has 2 aromatic rings. The van der Waals surface area contributed by atoms with Gasteiger partial charge in [0.1, 0.15) is 11.0 Å². The predicted octanol–water partition coefficient (Wildman–Crippen LogP) is 1.65. The van der Waals surface area contributed by atoms with Crippen LogP contribution in [0.1, 0.15) is 24.8 Å². The van der Waals surface area contributed by atoms with Crippen LogP contribution in [0, 0.1) is 0 Å². The van der Waals surface area contributed by atoms with Crippen LogP contribution in [0.2, 0.25) is 0 Å². The molecule has 0 spiro atoms. The maximum absolute atomic E-state index is 9.58. The Bertz CT molecular complexity index is 715. The molecule has 6 nitrogen and oxygen atoms in total. The van der Waals surface area contributed by atoms with Crippen LogP contribution in [-0.4, -0.2) is 87.0 Å². The zero-order valence-corrected chi connectivity index (χ0v) is 16.4. The maximum atomic E-state index is 9.58. The van der Waals surface area contributed by atoms with Gasteiger partial charge in [-0.3, -0.25) is 9.80 Å². The monoisotopic (exact) mass is 375 g/mol. The van der Waals surface area contributed by atoms with Gasteiger partial charge in [0.2, 0.25) is 0 Å². The van der Waals surface area contributed by atoms with Gasteiger partial charge in [0.05, 0.1) is 11.7 Å². The summed E-state index contributed by atoms with van der Waals surface area (Å²) in [4.78, 5) is 7.65. The van der Waals surface area contributed by atoms with Gasteiger partial charge in [-0.15, -0.1) is 0 Å². The van der Waals surface area contributed by atoms with Crippen molar-refractivity contribution in [1.29, 1.82) is 0 Å². The van der Waals surface area contributed by atoms with Crippen LogP contribution < -0.4 is 0 Å². The van der Waals surface area contributed by atoms with Crippen LogP contribution in [0.3, 0.4) is 0 Å². The Morgan fingerprint density at radius 2 is 1.92 bits per heavy atom. The fourth-order valence-electron chi connectivity index (χ4n) is 4.47. The third-order valence-electron chi connectivity index (χ3n) is 5.96. The van der Waals surface area contributed by atoms with Gasteiger partial charge in [-0.05, 0) is 57.1 Å². The number of piperidine rings is 1. The summed E-state index contributed by atoms with van der Waals surface area (Å²) in [5.74, 6) is 0. The highest BCUT2D eigenvalue weighted by Gasteiger charge is 2.33. The van der Waals surface area contributed by atoms with Crippen molar-refractivity contribution in [2.75, 3.05) is 46.4 Å². The second-order valence-electron chi connectivity index (χ2n) is 7.76. The molecule has 142 valence electrons. The molecule has 7 heteroatoms. The number of piperazine rings is 1. The van der Waals surface area contributed by atoms with Crippen molar-refractivity contribution in [3.63, 3.8) is 0 Å². The van der Waals surface area contributed by atoms with Crippen molar-refractivity contribution in [3.05, 3.63) is 23.8 Å². The van der Waals surface area contributed by atoms with Gasteiger partial charge in [0.15, 0.2) is 0 Å². The molecule has 1 unspecified atom stereocenters. The van der Waals surface area contributed by atoms with Crippen molar-refractivity contribution in [2.45, 2.75) is 37.9 Å². The topological polar surface area (TPSA) is 55.7 Å².